The van der Waals surface area contributed by atoms with Crippen molar-refractivity contribution in [2.75, 3.05) is 5.75 Å². The van der Waals surface area contributed by atoms with Crippen molar-refractivity contribution < 1.29 is 9.59 Å². The van der Waals surface area contributed by atoms with Crippen LogP contribution in [0.1, 0.15) is 31.4 Å². The van der Waals surface area contributed by atoms with E-state index in [-0.39, 0.29) is 28.6 Å². The lowest BCUT2D eigenvalue weighted by Crippen LogP contribution is -2.58. The van der Waals surface area contributed by atoms with Gasteiger partial charge in [-0.15, -0.1) is 23.5 Å². The van der Waals surface area contributed by atoms with Gasteiger partial charge in [0.2, 0.25) is 11.8 Å². The molecule has 0 saturated carbocycles. The van der Waals surface area contributed by atoms with Crippen molar-refractivity contribution in [3.05, 3.63) is 40.6 Å². The van der Waals surface area contributed by atoms with Crippen LogP contribution in [0.15, 0.2) is 34.9 Å². The Morgan fingerprint density at radius 2 is 2.23 bits per heavy atom. The molecule has 0 radical (unpaired) electrons. The number of allylic oxidation sites excluding steroid dienone is 1. The quantitative estimate of drug-likeness (QED) is 0.713. The van der Waals surface area contributed by atoms with E-state index in [0.717, 1.165) is 18.5 Å². The average Bonchev–Trinajstić information content (AvgIpc) is 3.04. The number of nitrogens with zero attached hydrogens (tertiary/aromatic N) is 1. The number of hydrogen-bond acceptors (Lipinski definition) is 6. The molecule has 0 aromatic carbocycles. The van der Waals surface area contributed by atoms with Crippen LogP contribution >= 0.6 is 23.5 Å². The summed E-state index contributed by atoms with van der Waals surface area (Å²) in [5.41, 5.74) is 1.95. The van der Waals surface area contributed by atoms with Crippen LogP contribution in [0.25, 0.3) is 0 Å². The maximum absolute atomic E-state index is 12.6. The molecule has 3 heterocycles. The molecule has 6 nitrogen and oxygen atoms in total. The van der Waals surface area contributed by atoms with Crippen molar-refractivity contribution in [3.8, 4) is 0 Å². The first-order valence-corrected chi connectivity index (χ1v) is 10.9. The van der Waals surface area contributed by atoms with E-state index in [4.69, 9.17) is 0 Å². The molecule has 1 aromatic rings. The zero-order valence-electron chi connectivity index (χ0n) is 14.4. The van der Waals surface area contributed by atoms with Gasteiger partial charge in [-0.3, -0.25) is 19.9 Å². The fraction of sp³-hybridized carbons (Fsp3) is 0.500. The topological polar surface area (TPSA) is 83.1 Å². The lowest BCUT2D eigenvalue weighted by atomic mass is 9.88. The fourth-order valence-electron chi connectivity index (χ4n) is 3.60. The monoisotopic (exact) mass is 390 g/mol. The second kappa shape index (κ2) is 8.02. The van der Waals surface area contributed by atoms with Crippen LogP contribution in [-0.2, 0) is 16.1 Å². The van der Waals surface area contributed by atoms with Gasteiger partial charge in [0.1, 0.15) is 5.50 Å². The summed E-state index contributed by atoms with van der Waals surface area (Å²) in [5.74, 6) is 0.292. The van der Waals surface area contributed by atoms with Gasteiger partial charge in [0.15, 0.2) is 0 Å². The lowest BCUT2D eigenvalue weighted by Gasteiger charge is -2.34. The van der Waals surface area contributed by atoms with Gasteiger partial charge < -0.3 is 10.6 Å². The number of pyridine rings is 1. The van der Waals surface area contributed by atoms with E-state index in [0.29, 0.717) is 12.3 Å². The second-order valence-electron chi connectivity index (χ2n) is 6.64. The van der Waals surface area contributed by atoms with Gasteiger partial charge in [-0.05, 0) is 48.3 Å². The molecule has 3 aliphatic rings. The van der Waals surface area contributed by atoms with Gasteiger partial charge in [0.25, 0.3) is 0 Å². The Labute approximate surface area is 161 Å². The molecule has 1 aromatic heterocycles. The van der Waals surface area contributed by atoms with Gasteiger partial charge >= 0.3 is 0 Å². The molecule has 26 heavy (non-hydrogen) atoms. The minimum absolute atomic E-state index is 0.0369. The third-order valence-electron chi connectivity index (χ3n) is 4.85. The van der Waals surface area contributed by atoms with Crippen molar-refractivity contribution in [3.63, 3.8) is 0 Å². The smallest absolute Gasteiger partial charge is 0.231 e. The van der Waals surface area contributed by atoms with Crippen LogP contribution < -0.4 is 16.0 Å². The van der Waals surface area contributed by atoms with Crippen LogP contribution in [-0.4, -0.2) is 33.4 Å². The number of carbonyl (C=O) groups excluding carboxylic acids is 2. The molecule has 3 atom stereocenters. The number of thioether (sulfide) groups is 2. The molecule has 0 spiro atoms. The zero-order valence-corrected chi connectivity index (χ0v) is 16.0. The molecule has 138 valence electrons. The molecule has 4 rings (SSSR count). The van der Waals surface area contributed by atoms with Crippen molar-refractivity contribution in [1.29, 1.82) is 0 Å². The van der Waals surface area contributed by atoms with Gasteiger partial charge in [-0.2, -0.15) is 0 Å². The predicted octanol–water partition coefficient (Wildman–Crippen LogP) is 1.95. The van der Waals surface area contributed by atoms with Gasteiger partial charge in [-0.1, -0.05) is 6.07 Å². The largest absolute Gasteiger partial charge is 0.350 e. The van der Waals surface area contributed by atoms with E-state index in [1.54, 1.807) is 6.20 Å². The molecule has 1 fully saturated rings. The van der Waals surface area contributed by atoms with E-state index in [1.807, 2.05) is 30.0 Å². The third-order valence-corrected chi connectivity index (χ3v) is 7.28. The number of carbonyl (C=O) groups is 2. The Balaban J connectivity index is 1.25. The molecule has 3 unspecified atom stereocenters. The summed E-state index contributed by atoms with van der Waals surface area (Å²) in [6, 6.07) is 5.62. The highest BCUT2D eigenvalue weighted by Gasteiger charge is 2.45. The van der Waals surface area contributed by atoms with Crippen LogP contribution in [0.5, 0.6) is 0 Å². The van der Waals surface area contributed by atoms with Crippen molar-refractivity contribution in [1.82, 2.24) is 20.9 Å². The first kappa shape index (κ1) is 17.9. The van der Waals surface area contributed by atoms with E-state index in [9.17, 15) is 9.59 Å². The van der Waals surface area contributed by atoms with Crippen molar-refractivity contribution in [2.45, 2.75) is 43.1 Å². The summed E-state index contributed by atoms with van der Waals surface area (Å²) in [5, 5.41) is 9.49. The highest BCUT2D eigenvalue weighted by Crippen LogP contribution is 2.49. The Kier molecular flexibility index (Phi) is 5.52. The maximum Gasteiger partial charge on any atom is 0.231 e. The van der Waals surface area contributed by atoms with Crippen molar-refractivity contribution in [2.24, 2.45) is 5.92 Å². The molecule has 0 bridgehead atoms. The second-order valence-corrected chi connectivity index (χ2v) is 8.97. The van der Waals surface area contributed by atoms with Crippen LogP contribution in [0, 0.1) is 5.92 Å². The van der Waals surface area contributed by atoms with E-state index < -0.39 is 0 Å². The van der Waals surface area contributed by atoms with Gasteiger partial charge in [0.05, 0.1) is 29.3 Å². The Hall–Kier alpha value is -1.51. The summed E-state index contributed by atoms with van der Waals surface area (Å²) >= 11 is 3.23. The number of hydrogen-bond donors (Lipinski definition) is 3. The number of amides is 2. The molecule has 2 aliphatic heterocycles. The summed E-state index contributed by atoms with van der Waals surface area (Å²) in [7, 11) is 0. The van der Waals surface area contributed by atoms with Crippen LogP contribution in [0.4, 0.5) is 0 Å². The Morgan fingerprint density at radius 1 is 1.35 bits per heavy atom. The minimum Gasteiger partial charge on any atom is -0.350 e. The summed E-state index contributed by atoms with van der Waals surface area (Å²) in [6.07, 6.45) is 6.27. The minimum atomic E-state index is -0.224. The maximum atomic E-state index is 12.6. The van der Waals surface area contributed by atoms with E-state index >= 15 is 0 Å². The summed E-state index contributed by atoms with van der Waals surface area (Å²) in [4.78, 5) is 30.2. The number of rotatable bonds is 5. The van der Waals surface area contributed by atoms with Crippen LogP contribution in [0.3, 0.4) is 0 Å². The standard InChI is InChI=1S/C18H22N4O2S2/c23-14(20-9-11-5-3-4-8-19-11)10-25-18-21-16(24)15-12-6-1-2-7-13(12)26-17(15)22-18/h3-5,8,15,17-18,22H,1-2,6-7,9-10H2,(H,20,23)(H,21,24). The lowest BCUT2D eigenvalue weighted by molar-refractivity contribution is -0.126. The molecule has 8 heteroatoms. The highest BCUT2D eigenvalue weighted by molar-refractivity contribution is 8.04. The molecule has 1 aliphatic carbocycles. The molecule has 1 saturated heterocycles. The molecule has 2 amide bonds. The highest BCUT2D eigenvalue weighted by atomic mass is 32.2. The number of nitrogens with one attached hydrogen (secondary N) is 3. The van der Waals surface area contributed by atoms with Crippen molar-refractivity contribution >= 4 is 35.3 Å². The normalized spacial score (nSPS) is 27.5. The van der Waals surface area contributed by atoms with E-state index in [1.165, 1.54) is 35.1 Å². The average molecular weight is 391 g/mol. The van der Waals surface area contributed by atoms with Gasteiger partial charge in [0, 0.05) is 6.20 Å². The van der Waals surface area contributed by atoms with E-state index in [2.05, 4.69) is 20.9 Å². The Morgan fingerprint density at radius 3 is 3.08 bits per heavy atom. The SMILES string of the molecule is O=C(CSC1NC(=O)C2C3=C(CCCC3)SC2N1)NCc1ccccn1. The first-order chi connectivity index (χ1) is 12.7. The predicted molar refractivity (Wildman–Crippen MR) is 104 cm³/mol. The summed E-state index contributed by atoms with van der Waals surface area (Å²) in [6.45, 7) is 0.419. The first-order valence-electron chi connectivity index (χ1n) is 8.94. The summed E-state index contributed by atoms with van der Waals surface area (Å²) < 4.78 is 0. The van der Waals surface area contributed by atoms with Crippen LogP contribution in [0.2, 0.25) is 0 Å². The fourth-order valence-corrected chi connectivity index (χ4v) is 6.12. The Bertz CT molecular complexity index is 725. The third kappa shape index (κ3) is 3.92. The molecule has 3 N–H and O–H groups in total. The van der Waals surface area contributed by atoms with Gasteiger partial charge in [-0.25, -0.2) is 0 Å². The molecular formula is C18H22N4O2S2. The number of fused-ring (bicyclic) bond motifs is 2. The molecular weight excluding hydrogens is 368 g/mol. The zero-order chi connectivity index (χ0) is 17.9. The number of aromatic nitrogens is 1.